The molecule has 23 heavy (non-hydrogen) atoms. The van der Waals surface area contributed by atoms with Crippen LogP contribution in [0.5, 0.6) is 0 Å². The van der Waals surface area contributed by atoms with Crippen LogP contribution in [0.15, 0.2) is 11.6 Å². The molecule has 4 aliphatic carbocycles. The summed E-state index contributed by atoms with van der Waals surface area (Å²) in [5, 5.41) is 11.1. The maximum atomic E-state index is 11.8. The third-order valence-electron chi connectivity index (χ3n) is 8.44. The molecule has 2 heteroatoms. The highest BCUT2D eigenvalue weighted by atomic mass is 16.3. The van der Waals surface area contributed by atoms with Crippen LogP contribution in [-0.2, 0) is 4.79 Å². The van der Waals surface area contributed by atoms with E-state index in [1.54, 1.807) is 0 Å². The van der Waals surface area contributed by atoms with E-state index in [0.717, 1.165) is 43.9 Å². The molecule has 2 nitrogen and oxygen atoms in total. The zero-order valence-electron chi connectivity index (χ0n) is 15.0. The Kier molecular flexibility index (Phi) is 3.58. The van der Waals surface area contributed by atoms with Crippen LogP contribution >= 0.6 is 0 Å². The molecule has 128 valence electrons. The van der Waals surface area contributed by atoms with Crippen molar-refractivity contribution >= 4 is 5.78 Å². The van der Waals surface area contributed by atoms with Gasteiger partial charge in [0.05, 0.1) is 5.60 Å². The van der Waals surface area contributed by atoms with Gasteiger partial charge in [0.15, 0.2) is 5.78 Å². The van der Waals surface area contributed by atoms with E-state index < -0.39 is 5.60 Å². The maximum absolute atomic E-state index is 11.8. The highest BCUT2D eigenvalue weighted by Gasteiger charge is 2.59. The van der Waals surface area contributed by atoms with Gasteiger partial charge in [-0.1, -0.05) is 25.8 Å². The first-order chi connectivity index (χ1) is 10.8. The molecule has 4 rings (SSSR count). The fourth-order valence-electron chi connectivity index (χ4n) is 7.06. The Labute approximate surface area is 140 Å². The van der Waals surface area contributed by atoms with E-state index in [2.05, 4.69) is 20.8 Å². The largest absolute Gasteiger partial charge is 0.390 e. The molecule has 0 aromatic heterocycles. The number of allylic oxidation sites excluding steroid dienone is 2. The van der Waals surface area contributed by atoms with Gasteiger partial charge in [-0.2, -0.15) is 0 Å². The average molecular weight is 316 g/mol. The predicted octanol–water partition coefficient (Wildman–Crippen LogP) is 4.52. The number of ketones is 1. The molecule has 0 saturated heterocycles. The van der Waals surface area contributed by atoms with E-state index >= 15 is 0 Å². The molecule has 3 saturated carbocycles. The van der Waals surface area contributed by atoms with Crippen molar-refractivity contribution in [2.45, 2.75) is 77.7 Å². The summed E-state index contributed by atoms with van der Waals surface area (Å²) in [5.74, 6) is 3.83. The van der Waals surface area contributed by atoms with E-state index in [1.807, 2.05) is 6.08 Å². The zero-order valence-corrected chi connectivity index (χ0v) is 15.0. The normalized spacial score (nSPS) is 53.0. The summed E-state index contributed by atoms with van der Waals surface area (Å²) in [4.78, 5) is 11.8. The van der Waals surface area contributed by atoms with Gasteiger partial charge in [0.1, 0.15) is 0 Å². The van der Waals surface area contributed by atoms with E-state index in [1.165, 1.54) is 24.8 Å². The van der Waals surface area contributed by atoms with Crippen LogP contribution in [0.25, 0.3) is 0 Å². The number of fused-ring (bicyclic) bond motifs is 5. The smallest absolute Gasteiger partial charge is 0.155 e. The van der Waals surface area contributed by atoms with E-state index in [4.69, 9.17) is 0 Å². The van der Waals surface area contributed by atoms with Gasteiger partial charge in [-0.25, -0.2) is 0 Å². The summed E-state index contributed by atoms with van der Waals surface area (Å²) in [6.07, 6.45) is 10.8. The van der Waals surface area contributed by atoms with E-state index in [-0.39, 0.29) is 5.41 Å². The van der Waals surface area contributed by atoms with Gasteiger partial charge in [0.25, 0.3) is 0 Å². The lowest BCUT2D eigenvalue weighted by atomic mass is 9.43. The highest BCUT2D eigenvalue weighted by Crippen LogP contribution is 2.64. The lowest BCUT2D eigenvalue weighted by molar-refractivity contribution is -0.182. The summed E-state index contributed by atoms with van der Waals surface area (Å²) in [6.45, 7) is 6.87. The van der Waals surface area contributed by atoms with Gasteiger partial charge >= 0.3 is 0 Å². The minimum absolute atomic E-state index is 0.0897. The Balaban J connectivity index is 1.69. The number of hydrogen-bond donors (Lipinski definition) is 1. The molecule has 0 heterocycles. The van der Waals surface area contributed by atoms with Crippen LogP contribution in [0.2, 0.25) is 0 Å². The molecule has 5 unspecified atom stereocenters. The van der Waals surface area contributed by atoms with Crippen LogP contribution in [0.4, 0.5) is 0 Å². The van der Waals surface area contributed by atoms with Crippen molar-refractivity contribution in [3.8, 4) is 0 Å². The first-order valence-corrected chi connectivity index (χ1v) is 9.79. The number of rotatable bonds is 0. The van der Waals surface area contributed by atoms with Crippen LogP contribution in [-0.4, -0.2) is 16.5 Å². The monoisotopic (exact) mass is 316 g/mol. The van der Waals surface area contributed by atoms with E-state index in [9.17, 15) is 9.90 Å². The Morgan fingerprint density at radius 1 is 1.17 bits per heavy atom. The van der Waals surface area contributed by atoms with Crippen molar-refractivity contribution < 1.29 is 9.90 Å². The SMILES string of the molecule is CC1CC2=CC(=O)CCC2C2CC[C@@]3(C)C(CCC[C@]3(C)O)C12. The van der Waals surface area contributed by atoms with Gasteiger partial charge in [0, 0.05) is 6.42 Å². The molecule has 0 spiro atoms. The molecule has 3 fully saturated rings. The molecule has 0 aromatic carbocycles. The third-order valence-corrected chi connectivity index (χ3v) is 8.44. The van der Waals surface area contributed by atoms with Gasteiger partial charge < -0.3 is 5.11 Å². The van der Waals surface area contributed by atoms with Crippen molar-refractivity contribution in [2.75, 3.05) is 0 Å². The Morgan fingerprint density at radius 3 is 2.74 bits per heavy atom. The van der Waals surface area contributed by atoms with E-state index in [0.29, 0.717) is 23.5 Å². The molecular weight excluding hydrogens is 284 g/mol. The molecule has 0 aliphatic heterocycles. The Morgan fingerprint density at radius 2 is 1.96 bits per heavy atom. The van der Waals surface area contributed by atoms with Crippen molar-refractivity contribution in [1.82, 2.24) is 0 Å². The lowest BCUT2D eigenvalue weighted by Gasteiger charge is -2.62. The highest BCUT2D eigenvalue weighted by molar-refractivity contribution is 5.91. The molecule has 0 aromatic rings. The second-order valence-electron chi connectivity index (χ2n) is 9.48. The van der Waals surface area contributed by atoms with Crippen LogP contribution in [0.3, 0.4) is 0 Å². The number of carbonyl (C=O) groups is 1. The third kappa shape index (κ3) is 2.20. The summed E-state index contributed by atoms with van der Waals surface area (Å²) < 4.78 is 0. The van der Waals surface area contributed by atoms with Gasteiger partial charge in [-0.05, 0) is 86.5 Å². The quantitative estimate of drug-likeness (QED) is 0.713. The Bertz CT molecular complexity index is 546. The number of carbonyl (C=O) groups excluding carboxylic acids is 1. The van der Waals surface area contributed by atoms with Gasteiger partial charge in [0.2, 0.25) is 0 Å². The molecule has 0 amide bonds. The predicted molar refractivity (Wildman–Crippen MR) is 91.9 cm³/mol. The fourth-order valence-corrected chi connectivity index (χ4v) is 7.06. The zero-order chi connectivity index (χ0) is 16.4. The number of aliphatic hydroxyl groups is 1. The maximum Gasteiger partial charge on any atom is 0.155 e. The van der Waals surface area contributed by atoms with Crippen molar-refractivity contribution in [2.24, 2.45) is 35.0 Å². The van der Waals surface area contributed by atoms with Crippen molar-refractivity contribution in [1.29, 1.82) is 0 Å². The first kappa shape index (κ1) is 15.9. The van der Waals surface area contributed by atoms with Crippen molar-refractivity contribution in [3.05, 3.63) is 11.6 Å². The summed E-state index contributed by atoms with van der Waals surface area (Å²) in [7, 11) is 0. The van der Waals surface area contributed by atoms with Crippen LogP contribution in [0.1, 0.15) is 72.1 Å². The summed E-state index contributed by atoms with van der Waals surface area (Å²) >= 11 is 0. The topological polar surface area (TPSA) is 37.3 Å². The van der Waals surface area contributed by atoms with Crippen LogP contribution < -0.4 is 0 Å². The lowest BCUT2D eigenvalue weighted by Crippen LogP contribution is -2.59. The summed E-state index contributed by atoms with van der Waals surface area (Å²) in [6, 6.07) is 0. The second-order valence-corrected chi connectivity index (χ2v) is 9.48. The Hall–Kier alpha value is -0.630. The second kappa shape index (κ2) is 5.18. The minimum atomic E-state index is -0.501. The standard InChI is InChI=1S/C21H32O2/c1-13-11-14-12-15(22)6-7-16(14)17-8-10-20(2)18(19(13)17)5-4-9-21(20,3)23/h12-13,16-19,23H,4-11H2,1-3H3/t13?,16?,17?,18?,19?,20-,21-/m0/s1. The molecule has 0 bridgehead atoms. The molecule has 4 aliphatic rings. The summed E-state index contributed by atoms with van der Waals surface area (Å²) in [5.41, 5.74) is 1.05. The average Bonchev–Trinajstić information content (AvgIpc) is 2.47. The first-order valence-electron chi connectivity index (χ1n) is 9.79. The molecule has 1 N–H and O–H groups in total. The van der Waals surface area contributed by atoms with Crippen LogP contribution in [0, 0.1) is 35.0 Å². The fraction of sp³-hybridized carbons (Fsp3) is 0.857. The van der Waals surface area contributed by atoms with Gasteiger partial charge in [-0.3, -0.25) is 4.79 Å². The van der Waals surface area contributed by atoms with Crippen molar-refractivity contribution in [3.63, 3.8) is 0 Å². The minimum Gasteiger partial charge on any atom is -0.390 e. The molecule has 7 atom stereocenters. The molecule has 0 radical (unpaired) electrons. The number of hydrogen-bond acceptors (Lipinski definition) is 2. The van der Waals surface area contributed by atoms with Gasteiger partial charge in [-0.15, -0.1) is 0 Å². The molecular formula is C21H32O2.